The van der Waals surface area contributed by atoms with Crippen molar-refractivity contribution in [2.75, 3.05) is 7.05 Å². The molecule has 0 saturated carbocycles. The maximum absolute atomic E-state index is 4.55. The van der Waals surface area contributed by atoms with Crippen LogP contribution in [0.4, 0.5) is 0 Å². The van der Waals surface area contributed by atoms with Gasteiger partial charge in [-0.05, 0) is 27.3 Å². The Morgan fingerprint density at radius 1 is 1.50 bits per heavy atom. The van der Waals surface area contributed by atoms with E-state index in [4.69, 9.17) is 0 Å². The summed E-state index contributed by atoms with van der Waals surface area (Å²) in [5, 5.41) is 0. The zero-order valence-electron chi connectivity index (χ0n) is 9.91. The first-order valence-electron chi connectivity index (χ1n) is 5.68. The number of nitrogens with one attached hydrogen (secondary N) is 1. The first kappa shape index (κ1) is 9.78. The molecular weight excluding hydrogens is 200 g/mol. The van der Waals surface area contributed by atoms with Gasteiger partial charge in [-0.1, -0.05) is 0 Å². The first-order valence-corrected chi connectivity index (χ1v) is 5.68. The lowest BCUT2D eigenvalue weighted by molar-refractivity contribution is 0.229. The van der Waals surface area contributed by atoms with Crippen LogP contribution >= 0.6 is 0 Å². The molecule has 2 aromatic heterocycles. The van der Waals surface area contributed by atoms with Crippen LogP contribution in [0.2, 0.25) is 0 Å². The summed E-state index contributed by atoms with van der Waals surface area (Å²) in [5.74, 6) is 0.848. The van der Waals surface area contributed by atoms with Gasteiger partial charge in [0.2, 0.25) is 0 Å². The van der Waals surface area contributed by atoms with Crippen molar-refractivity contribution in [3.63, 3.8) is 0 Å². The summed E-state index contributed by atoms with van der Waals surface area (Å²) in [5.41, 5.74) is 4.86. The summed E-state index contributed by atoms with van der Waals surface area (Å²) in [4.78, 5) is 14.6. The summed E-state index contributed by atoms with van der Waals surface area (Å²) in [6, 6.07) is 0.585. The molecule has 0 fully saturated rings. The van der Waals surface area contributed by atoms with E-state index in [-0.39, 0.29) is 0 Å². The van der Waals surface area contributed by atoms with Crippen molar-refractivity contribution in [1.82, 2.24) is 19.9 Å². The molecule has 0 unspecified atom stereocenters. The average Bonchev–Trinajstić information content (AvgIpc) is 2.57. The number of rotatable bonds is 0. The van der Waals surface area contributed by atoms with E-state index in [1.165, 1.54) is 11.3 Å². The van der Waals surface area contributed by atoms with E-state index in [9.17, 15) is 0 Å². The predicted molar refractivity (Wildman–Crippen MR) is 63.3 cm³/mol. The molecule has 1 aliphatic heterocycles. The highest BCUT2D eigenvalue weighted by Gasteiger charge is 2.24. The van der Waals surface area contributed by atoms with Crippen LogP contribution in [0.1, 0.15) is 24.0 Å². The van der Waals surface area contributed by atoms with E-state index >= 15 is 0 Å². The van der Waals surface area contributed by atoms with E-state index < -0.39 is 0 Å². The van der Waals surface area contributed by atoms with Gasteiger partial charge in [-0.15, -0.1) is 0 Å². The van der Waals surface area contributed by atoms with Gasteiger partial charge in [-0.3, -0.25) is 4.90 Å². The molecule has 0 radical (unpaired) electrons. The smallest absolute Gasteiger partial charge is 0.126 e. The van der Waals surface area contributed by atoms with Gasteiger partial charge in [0.1, 0.15) is 5.82 Å². The number of aromatic nitrogens is 3. The molecule has 4 heteroatoms. The maximum atomic E-state index is 4.55. The van der Waals surface area contributed by atoms with Gasteiger partial charge in [0.25, 0.3) is 0 Å². The van der Waals surface area contributed by atoms with Crippen LogP contribution in [0.25, 0.3) is 11.0 Å². The minimum atomic E-state index is 0.585. The van der Waals surface area contributed by atoms with E-state index in [0.717, 1.165) is 29.8 Å². The highest BCUT2D eigenvalue weighted by Crippen LogP contribution is 2.27. The second-order valence-electron chi connectivity index (χ2n) is 4.73. The molecular formula is C12H16N4. The SMILES string of the molecule is Cc1ncc2[nH]c3c(c2n1)C[C@H](C)N(C)C3. The molecule has 84 valence electrons. The largest absolute Gasteiger partial charge is 0.355 e. The number of aromatic amines is 1. The number of nitrogens with zero attached hydrogens (tertiary/aromatic N) is 3. The maximum Gasteiger partial charge on any atom is 0.126 e. The quantitative estimate of drug-likeness (QED) is 0.728. The summed E-state index contributed by atoms with van der Waals surface area (Å²) in [7, 11) is 2.16. The fraction of sp³-hybridized carbons (Fsp3) is 0.500. The highest BCUT2D eigenvalue weighted by molar-refractivity contribution is 5.80. The van der Waals surface area contributed by atoms with Crippen LogP contribution in [0.15, 0.2) is 6.20 Å². The lowest BCUT2D eigenvalue weighted by Gasteiger charge is -2.29. The van der Waals surface area contributed by atoms with Gasteiger partial charge in [-0.25, -0.2) is 9.97 Å². The molecule has 1 aliphatic rings. The third kappa shape index (κ3) is 1.33. The molecule has 3 rings (SSSR count). The van der Waals surface area contributed by atoms with Crippen molar-refractivity contribution >= 4 is 11.0 Å². The Morgan fingerprint density at radius 3 is 3.12 bits per heavy atom. The molecule has 2 aromatic rings. The number of likely N-dealkylation sites (N-methyl/N-ethyl adjacent to an activating group) is 1. The molecule has 0 saturated heterocycles. The molecule has 3 heterocycles. The van der Waals surface area contributed by atoms with Crippen LogP contribution in [0.3, 0.4) is 0 Å². The molecule has 16 heavy (non-hydrogen) atoms. The van der Waals surface area contributed by atoms with Crippen molar-refractivity contribution in [2.45, 2.75) is 32.9 Å². The van der Waals surface area contributed by atoms with Gasteiger partial charge in [0.15, 0.2) is 0 Å². The monoisotopic (exact) mass is 216 g/mol. The van der Waals surface area contributed by atoms with Crippen molar-refractivity contribution < 1.29 is 0 Å². The number of H-pyrrole nitrogens is 1. The first-order chi connectivity index (χ1) is 7.65. The van der Waals surface area contributed by atoms with Gasteiger partial charge in [0, 0.05) is 23.8 Å². The second kappa shape index (κ2) is 3.28. The average molecular weight is 216 g/mol. The number of hydrogen-bond donors (Lipinski definition) is 1. The van der Waals surface area contributed by atoms with E-state index in [0.29, 0.717) is 6.04 Å². The van der Waals surface area contributed by atoms with Crippen LogP contribution in [0.5, 0.6) is 0 Å². The zero-order chi connectivity index (χ0) is 11.3. The summed E-state index contributed by atoms with van der Waals surface area (Å²) < 4.78 is 0. The van der Waals surface area contributed by atoms with Crippen LogP contribution < -0.4 is 0 Å². The zero-order valence-corrected chi connectivity index (χ0v) is 9.91. The van der Waals surface area contributed by atoms with Crippen LogP contribution in [-0.2, 0) is 13.0 Å². The Morgan fingerprint density at radius 2 is 2.31 bits per heavy atom. The van der Waals surface area contributed by atoms with Gasteiger partial charge < -0.3 is 4.98 Å². The number of hydrogen-bond acceptors (Lipinski definition) is 3. The standard InChI is InChI=1S/C12H16N4/c1-7-4-9-11(6-16(7)3)15-10-5-13-8(2)14-12(9)10/h5,7,15H,4,6H2,1-3H3/t7-/m0/s1. The molecule has 0 aromatic carbocycles. The lowest BCUT2D eigenvalue weighted by Crippen LogP contribution is -2.34. The lowest BCUT2D eigenvalue weighted by atomic mass is 10.0. The topological polar surface area (TPSA) is 44.8 Å². The number of aryl methyl sites for hydroxylation is 1. The fourth-order valence-corrected chi connectivity index (χ4v) is 2.38. The molecule has 0 bridgehead atoms. The molecule has 4 nitrogen and oxygen atoms in total. The number of fused-ring (bicyclic) bond motifs is 3. The fourth-order valence-electron chi connectivity index (χ4n) is 2.38. The summed E-state index contributed by atoms with van der Waals surface area (Å²) in [6.07, 6.45) is 2.96. The Kier molecular flexibility index (Phi) is 2.01. The van der Waals surface area contributed by atoms with Crippen molar-refractivity contribution in [3.8, 4) is 0 Å². The van der Waals surface area contributed by atoms with Gasteiger partial charge in [0.05, 0.1) is 17.2 Å². The third-order valence-electron chi connectivity index (χ3n) is 3.50. The summed E-state index contributed by atoms with van der Waals surface area (Å²) in [6.45, 7) is 5.18. The summed E-state index contributed by atoms with van der Waals surface area (Å²) >= 11 is 0. The minimum absolute atomic E-state index is 0.585. The Bertz CT molecular complexity index is 543. The van der Waals surface area contributed by atoms with E-state index in [1.54, 1.807) is 0 Å². The van der Waals surface area contributed by atoms with Crippen molar-refractivity contribution in [2.24, 2.45) is 0 Å². The van der Waals surface area contributed by atoms with Crippen LogP contribution in [-0.4, -0.2) is 32.9 Å². The molecule has 0 amide bonds. The normalized spacial score (nSPS) is 21.3. The van der Waals surface area contributed by atoms with Gasteiger partial charge >= 0.3 is 0 Å². The second-order valence-corrected chi connectivity index (χ2v) is 4.73. The Labute approximate surface area is 94.7 Å². The predicted octanol–water partition coefficient (Wildman–Crippen LogP) is 1.64. The molecule has 0 aliphatic carbocycles. The van der Waals surface area contributed by atoms with Gasteiger partial charge in [-0.2, -0.15) is 0 Å². The van der Waals surface area contributed by atoms with E-state index in [2.05, 4.69) is 33.8 Å². The molecule has 0 spiro atoms. The third-order valence-corrected chi connectivity index (χ3v) is 3.50. The van der Waals surface area contributed by atoms with E-state index in [1.807, 2.05) is 13.1 Å². The Balaban J connectivity index is 2.21. The molecule has 1 N–H and O–H groups in total. The minimum Gasteiger partial charge on any atom is -0.355 e. The van der Waals surface area contributed by atoms with Crippen LogP contribution in [0, 0.1) is 6.92 Å². The van der Waals surface area contributed by atoms with Crippen molar-refractivity contribution in [3.05, 3.63) is 23.3 Å². The molecule has 1 atom stereocenters. The Hall–Kier alpha value is -1.42. The van der Waals surface area contributed by atoms with Crippen molar-refractivity contribution in [1.29, 1.82) is 0 Å². The highest BCUT2D eigenvalue weighted by atomic mass is 15.1.